The second-order valence-corrected chi connectivity index (χ2v) is 9.19. The summed E-state index contributed by atoms with van der Waals surface area (Å²) < 4.78 is 16.2. The van der Waals surface area contributed by atoms with E-state index in [0.717, 1.165) is 16.7 Å². The van der Waals surface area contributed by atoms with E-state index >= 15 is 0 Å². The molecule has 3 aliphatic heterocycles. The quantitative estimate of drug-likeness (QED) is 0.645. The van der Waals surface area contributed by atoms with Crippen LogP contribution in [0.1, 0.15) is 51.6 Å². The zero-order chi connectivity index (χ0) is 24.7. The van der Waals surface area contributed by atoms with E-state index in [1.54, 1.807) is 18.2 Å². The van der Waals surface area contributed by atoms with Gasteiger partial charge in [0.2, 0.25) is 0 Å². The Hall–Kier alpha value is -3.68. The largest absolute Gasteiger partial charge is 0.495 e. The molecule has 5 rings (SSSR count). The molecule has 0 saturated carbocycles. The predicted molar refractivity (Wildman–Crippen MR) is 123 cm³/mol. The average Bonchev–Trinajstić information content (AvgIpc) is 3.40. The van der Waals surface area contributed by atoms with Crippen molar-refractivity contribution < 1.29 is 28.9 Å². The van der Waals surface area contributed by atoms with E-state index in [0.29, 0.717) is 61.7 Å². The molecular formula is C25H26N4O6. The molecule has 10 heteroatoms. The van der Waals surface area contributed by atoms with E-state index in [-0.39, 0.29) is 12.6 Å². The summed E-state index contributed by atoms with van der Waals surface area (Å²) in [5.41, 5.74) is 2.77. The summed E-state index contributed by atoms with van der Waals surface area (Å²) in [5, 5.41) is 20.1. The lowest BCUT2D eigenvalue weighted by Gasteiger charge is -2.38. The van der Waals surface area contributed by atoms with Gasteiger partial charge in [-0.1, -0.05) is 6.07 Å². The topological polar surface area (TPSA) is 125 Å². The number of hydrogen-bond donors (Lipinski definition) is 1. The van der Waals surface area contributed by atoms with Crippen LogP contribution in [0.2, 0.25) is 0 Å². The maximum absolute atomic E-state index is 12.7. The van der Waals surface area contributed by atoms with Gasteiger partial charge in [0.25, 0.3) is 0 Å². The van der Waals surface area contributed by atoms with Gasteiger partial charge < -0.3 is 24.2 Å². The Bertz CT molecular complexity index is 1230. The number of cyclic esters (lactones) is 1. The van der Waals surface area contributed by atoms with E-state index in [1.807, 2.05) is 13.0 Å². The number of carbonyl (C=O) groups is 2. The Kier molecular flexibility index (Phi) is 5.83. The molecule has 10 nitrogen and oxygen atoms in total. The molecular weight excluding hydrogens is 452 g/mol. The van der Waals surface area contributed by atoms with Crippen molar-refractivity contribution in [2.24, 2.45) is 0 Å². The lowest BCUT2D eigenvalue weighted by Crippen LogP contribution is -2.47. The third-order valence-corrected chi connectivity index (χ3v) is 7.20. The monoisotopic (exact) mass is 478 g/mol. The number of hydrogen-bond acceptors (Lipinski definition) is 9. The van der Waals surface area contributed by atoms with Gasteiger partial charge in [-0.3, -0.25) is 4.90 Å². The van der Waals surface area contributed by atoms with E-state index in [9.17, 15) is 14.7 Å². The van der Waals surface area contributed by atoms with Crippen LogP contribution in [-0.2, 0) is 16.1 Å². The van der Waals surface area contributed by atoms with Crippen LogP contribution < -0.4 is 9.64 Å². The van der Waals surface area contributed by atoms with Crippen molar-refractivity contribution in [3.8, 4) is 11.8 Å². The maximum Gasteiger partial charge on any atom is 0.416 e. The summed E-state index contributed by atoms with van der Waals surface area (Å²) in [4.78, 5) is 32.3. The van der Waals surface area contributed by atoms with Crippen LogP contribution in [0.4, 0.5) is 10.6 Å². The number of aromatic nitrogens is 1. The van der Waals surface area contributed by atoms with Crippen LogP contribution in [0.5, 0.6) is 5.75 Å². The molecule has 0 bridgehead atoms. The Morgan fingerprint density at radius 2 is 2.09 bits per heavy atom. The van der Waals surface area contributed by atoms with Gasteiger partial charge in [0, 0.05) is 44.1 Å². The normalized spacial score (nSPS) is 19.8. The summed E-state index contributed by atoms with van der Waals surface area (Å²) in [5.74, 6) is 0.420. The first-order valence-electron chi connectivity index (χ1n) is 11.5. The van der Waals surface area contributed by atoms with Crippen LogP contribution in [0.25, 0.3) is 0 Å². The van der Waals surface area contributed by atoms with Gasteiger partial charge in [0.1, 0.15) is 35.4 Å². The molecule has 0 radical (unpaired) electrons. The number of pyridine rings is 1. The highest BCUT2D eigenvalue weighted by Crippen LogP contribution is 2.37. The standard InChI is InChI=1S/C25H26N4O6/c1-15-17(3-4-18-19(15)13-34-23(18)31)20(30)12-28-7-5-25(6-8-28)14-29(24(32)35-25)22-9-21(33-2)16(10-26)11-27-22/h3-4,9,11,20,30H,5-8,12-14H2,1-2H3. The lowest BCUT2D eigenvalue weighted by atomic mass is 9.90. The van der Waals surface area contributed by atoms with E-state index in [1.165, 1.54) is 18.2 Å². The average molecular weight is 479 g/mol. The van der Waals surface area contributed by atoms with E-state index in [4.69, 9.17) is 19.5 Å². The predicted octanol–water partition coefficient (Wildman–Crippen LogP) is 2.47. The fraction of sp³-hybridized carbons (Fsp3) is 0.440. The number of aliphatic hydroxyl groups is 1. The van der Waals surface area contributed by atoms with Gasteiger partial charge in [-0.25, -0.2) is 14.6 Å². The number of piperidine rings is 1. The lowest BCUT2D eigenvalue weighted by molar-refractivity contribution is -0.00987. The maximum atomic E-state index is 12.7. The van der Waals surface area contributed by atoms with Crippen LogP contribution in [0.3, 0.4) is 0 Å². The minimum Gasteiger partial charge on any atom is -0.495 e. The highest BCUT2D eigenvalue weighted by Gasteiger charge is 2.48. The SMILES string of the molecule is COc1cc(N2CC3(CCN(CC(O)c4ccc5c(c4C)COC5=O)CC3)OC2=O)ncc1C#N. The molecule has 1 N–H and O–H groups in total. The van der Waals surface area contributed by atoms with Crippen molar-refractivity contribution >= 4 is 17.9 Å². The zero-order valence-electron chi connectivity index (χ0n) is 19.6. The molecule has 182 valence electrons. The number of benzene rings is 1. The summed E-state index contributed by atoms with van der Waals surface area (Å²) in [7, 11) is 1.46. The highest BCUT2D eigenvalue weighted by molar-refractivity contribution is 5.94. The molecule has 3 aliphatic rings. The molecule has 1 spiro atoms. The highest BCUT2D eigenvalue weighted by atomic mass is 16.6. The van der Waals surface area contributed by atoms with Crippen LogP contribution in [-0.4, -0.2) is 65.9 Å². The third-order valence-electron chi connectivity index (χ3n) is 7.20. The van der Waals surface area contributed by atoms with Gasteiger partial charge in [-0.15, -0.1) is 0 Å². The summed E-state index contributed by atoms with van der Waals surface area (Å²) in [6.07, 6.45) is 1.47. The van der Waals surface area contributed by atoms with Crippen molar-refractivity contribution in [3.63, 3.8) is 0 Å². The number of β-amino-alcohol motifs (C(OH)–C–C–N with tert-alkyl or cyclic N) is 1. The van der Waals surface area contributed by atoms with Crippen molar-refractivity contribution in [2.45, 2.75) is 38.1 Å². The Labute approximate surface area is 202 Å². The fourth-order valence-corrected chi connectivity index (χ4v) is 5.10. The summed E-state index contributed by atoms with van der Waals surface area (Å²) in [6, 6.07) is 7.10. The van der Waals surface area contributed by atoms with Crippen molar-refractivity contribution in [3.05, 3.63) is 52.2 Å². The second kappa shape index (κ2) is 8.83. The summed E-state index contributed by atoms with van der Waals surface area (Å²) in [6.45, 7) is 4.28. The number of likely N-dealkylation sites (tertiary alicyclic amines) is 1. The molecule has 1 aromatic carbocycles. The number of esters is 1. The molecule has 1 amide bonds. The van der Waals surface area contributed by atoms with Gasteiger partial charge in [0.05, 0.1) is 31.5 Å². The first-order valence-corrected chi connectivity index (χ1v) is 11.5. The number of fused-ring (bicyclic) bond motifs is 1. The van der Waals surface area contributed by atoms with Gasteiger partial charge in [-0.05, 0) is 24.1 Å². The first kappa shape index (κ1) is 23.1. The van der Waals surface area contributed by atoms with Crippen LogP contribution in [0.15, 0.2) is 24.4 Å². The van der Waals surface area contributed by atoms with E-state index < -0.39 is 17.8 Å². The molecule has 1 atom stereocenters. The molecule has 1 unspecified atom stereocenters. The van der Waals surface area contributed by atoms with Crippen LogP contribution in [0, 0.1) is 18.3 Å². The van der Waals surface area contributed by atoms with Gasteiger partial charge in [-0.2, -0.15) is 5.26 Å². The number of carbonyl (C=O) groups excluding carboxylic acids is 2. The van der Waals surface area contributed by atoms with Crippen molar-refractivity contribution in [1.29, 1.82) is 5.26 Å². The van der Waals surface area contributed by atoms with Gasteiger partial charge >= 0.3 is 12.1 Å². The van der Waals surface area contributed by atoms with Crippen molar-refractivity contribution in [1.82, 2.24) is 9.88 Å². The minimum atomic E-state index is -0.706. The number of anilines is 1. The number of nitrogens with zero attached hydrogens (tertiary/aromatic N) is 4. The molecule has 4 heterocycles. The third kappa shape index (κ3) is 4.07. The smallest absolute Gasteiger partial charge is 0.416 e. The van der Waals surface area contributed by atoms with E-state index in [2.05, 4.69) is 9.88 Å². The number of methoxy groups -OCH3 is 1. The molecule has 0 aliphatic carbocycles. The number of rotatable bonds is 5. The fourth-order valence-electron chi connectivity index (χ4n) is 5.10. The van der Waals surface area contributed by atoms with Crippen LogP contribution >= 0.6 is 0 Å². The summed E-state index contributed by atoms with van der Waals surface area (Å²) >= 11 is 0. The number of nitriles is 1. The molecule has 2 saturated heterocycles. The number of aliphatic hydroxyl groups excluding tert-OH is 1. The Morgan fingerprint density at radius 3 is 2.80 bits per heavy atom. The zero-order valence-corrected chi connectivity index (χ0v) is 19.6. The molecule has 35 heavy (non-hydrogen) atoms. The Morgan fingerprint density at radius 1 is 1.31 bits per heavy atom. The first-order chi connectivity index (χ1) is 16.8. The minimum absolute atomic E-state index is 0.245. The number of ether oxygens (including phenoxy) is 3. The molecule has 2 aromatic rings. The second-order valence-electron chi connectivity index (χ2n) is 9.19. The molecule has 2 fully saturated rings. The van der Waals surface area contributed by atoms with Crippen molar-refractivity contribution in [2.75, 3.05) is 38.2 Å². The molecule has 1 aromatic heterocycles. The van der Waals surface area contributed by atoms with Gasteiger partial charge in [0.15, 0.2) is 0 Å². The Balaban J connectivity index is 1.23. The number of amides is 1.